The van der Waals surface area contributed by atoms with Gasteiger partial charge >= 0.3 is 0 Å². The highest BCUT2D eigenvalue weighted by Crippen LogP contribution is 2.21. The SMILES string of the molecule is CCN(CC)c1ccc(/C=N/Nc2nc(N3CCCC3)nc(N3CCOCC3)n2)cc1. The molecule has 166 valence electrons. The lowest BCUT2D eigenvalue weighted by molar-refractivity contribution is 0.122. The lowest BCUT2D eigenvalue weighted by atomic mass is 10.2. The summed E-state index contributed by atoms with van der Waals surface area (Å²) in [7, 11) is 0. The fraction of sp³-hybridized carbons (Fsp3) is 0.545. The van der Waals surface area contributed by atoms with E-state index in [1.54, 1.807) is 6.21 Å². The van der Waals surface area contributed by atoms with Gasteiger partial charge in [-0.05, 0) is 44.4 Å². The standard InChI is InChI=1S/C22H32N8O/c1-3-28(4-2)19-9-7-18(8-10-19)17-23-27-20-24-21(29-11-5-6-12-29)26-22(25-20)30-13-15-31-16-14-30/h7-10,17H,3-6,11-16H2,1-2H3,(H,24,25,26,27)/b23-17+. The van der Waals surface area contributed by atoms with E-state index in [-0.39, 0.29) is 0 Å². The second kappa shape index (κ2) is 10.4. The lowest BCUT2D eigenvalue weighted by Crippen LogP contribution is -2.38. The molecule has 0 unspecified atom stereocenters. The number of benzene rings is 1. The first-order valence-electron chi connectivity index (χ1n) is 11.2. The van der Waals surface area contributed by atoms with Crippen molar-refractivity contribution in [1.29, 1.82) is 0 Å². The molecule has 1 N–H and O–H groups in total. The number of anilines is 4. The highest BCUT2D eigenvalue weighted by Gasteiger charge is 2.21. The molecule has 0 amide bonds. The number of hydrogen-bond donors (Lipinski definition) is 1. The normalized spacial score (nSPS) is 16.8. The molecule has 1 aromatic carbocycles. The number of nitrogens with zero attached hydrogens (tertiary/aromatic N) is 7. The summed E-state index contributed by atoms with van der Waals surface area (Å²) < 4.78 is 5.47. The average molecular weight is 425 g/mol. The molecule has 0 aliphatic carbocycles. The molecule has 0 radical (unpaired) electrons. The van der Waals surface area contributed by atoms with Crippen LogP contribution in [0.2, 0.25) is 0 Å². The molecular weight excluding hydrogens is 392 g/mol. The monoisotopic (exact) mass is 424 g/mol. The number of hydrogen-bond acceptors (Lipinski definition) is 9. The Morgan fingerprint density at radius 2 is 1.55 bits per heavy atom. The Bertz CT molecular complexity index is 856. The van der Waals surface area contributed by atoms with E-state index in [9.17, 15) is 0 Å². The first kappa shape index (κ1) is 21.3. The summed E-state index contributed by atoms with van der Waals surface area (Å²) >= 11 is 0. The Labute approximate surface area is 184 Å². The average Bonchev–Trinajstić information content (AvgIpc) is 3.36. The minimum Gasteiger partial charge on any atom is -0.378 e. The third-order valence-corrected chi connectivity index (χ3v) is 5.69. The molecule has 2 aromatic rings. The van der Waals surface area contributed by atoms with Crippen LogP contribution >= 0.6 is 0 Å². The Kier molecular flexibility index (Phi) is 7.14. The zero-order chi connectivity index (χ0) is 21.5. The maximum absolute atomic E-state index is 5.47. The van der Waals surface area contributed by atoms with E-state index < -0.39 is 0 Å². The summed E-state index contributed by atoms with van der Waals surface area (Å²) in [5.41, 5.74) is 5.25. The summed E-state index contributed by atoms with van der Waals surface area (Å²) in [6.07, 6.45) is 4.13. The summed E-state index contributed by atoms with van der Waals surface area (Å²) in [6, 6.07) is 8.39. The second-order valence-electron chi connectivity index (χ2n) is 7.69. The maximum Gasteiger partial charge on any atom is 0.250 e. The second-order valence-corrected chi connectivity index (χ2v) is 7.69. The number of hydrazone groups is 1. The van der Waals surface area contributed by atoms with Crippen molar-refractivity contribution in [3.63, 3.8) is 0 Å². The van der Waals surface area contributed by atoms with Gasteiger partial charge in [0.05, 0.1) is 19.4 Å². The van der Waals surface area contributed by atoms with E-state index >= 15 is 0 Å². The van der Waals surface area contributed by atoms with Gasteiger partial charge in [0.1, 0.15) is 0 Å². The van der Waals surface area contributed by atoms with Crippen LogP contribution in [0.3, 0.4) is 0 Å². The molecule has 31 heavy (non-hydrogen) atoms. The van der Waals surface area contributed by atoms with Gasteiger partial charge in [-0.15, -0.1) is 0 Å². The minimum atomic E-state index is 0.467. The minimum absolute atomic E-state index is 0.467. The van der Waals surface area contributed by atoms with E-state index in [0.717, 1.165) is 50.8 Å². The number of aromatic nitrogens is 3. The fourth-order valence-electron chi connectivity index (χ4n) is 3.89. The number of morpholine rings is 1. The predicted molar refractivity (Wildman–Crippen MR) is 126 cm³/mol. The molecule has 0 bridgehead atoms. The van der Waals surface area contributed by atoms with Gasteiger partial charge in [-0.3, -0.25) is 0 Å². The molecule has 0 spiro atoms. The molecule has 9 nitrogen and oxygen atoms in total. The summed E-state index contributed by atoms with van der Waals surface area (Å²) in [6.45, 7) is 11.2. The van der Waals surface area contributed by atoms with Crippen molar-refractivity contribution in [3.05, 3.63) is 29.8 Å². The fourth-order valence-corrected chi connectivity index (χ4v) is 3.89. The quantitative estimate of drug-likeness (QED) is 0.512. The first-order chi connectivity index (χ1) is 15.3. The van der Waals surface area contributed by atoms with Gasteiger partial charge in [-0.1, -0.05) is 12.1 Å². The summed E-state index contributed by atoms with van der Waals surface area (Å²) in [5, 5.41) is 4.38. The first-order valence-corrected chi connectivity index (χ1v) is 11.2. The molecule has 2 saturated heterocycles. The van der Waals surface area contributed by atoms with E-state index in [2.05, 4.69) is 73.3 Å². The van der Waals surface area contributed by atoms with Gasteiger partial charge in [0.25, 0.3) is 0 Å². The largest absolute Gasteiger partial charge is 0.378 e. The molecule has 2 fully saturated rings. The molecular formula is C22H32N8O. The number of nitrogens with one attached hydrogen (secondary N) is 1. The Morgan fingerprint density at radius 3 is 2.16 bits per heavy atom. The summed E-state index contributed by atoms with van der Waals surface area (Å²) in [4.78, 5) is 20.6. The smallest absolute Gasteiger partial charge is 0.250 e. The van der Waals surface area contributed by atoms with E-state index in [1.807, 2.05) is 0 Å². The molecule has 0 atom stereocenters. The van der Waals surface area contributed by atoms with Gasteiger partial charge in [-0.2, -0.15) is 20.1 Å². The Hall–Kier alpha value is -2.94. The van der Waals surface area contributed by atoms with Crippen LogP contribution in [-0.4, -0.2) is 73.6 Å². The molecule has 1 aromatic heterocycles. The van der Waals surface area contributed by atoms with Crippen molar-refractivity contribution in [2.24, 2.45) is 5.10 Å². The topological polar surface area (TPSA) is 82.0 Å². The molecule has 9 heteroatoms. The highest BCUT2D eigenvalue weighted by atomic mass is 16.5. The molecule has 2 aliphatic heterocycles. The Morgan fingerprint density at radius 1 is 0.935 bits per heavy atom. The van der Waals surface area contributed by atoms with Gasteiger partial charge in [0.2, 0.25) is 17.8 Å². The van der Waals surface area contributed by atoms with Crippen LogP contribution in [-0.2, 0) is 4.74 Å². The van der Waals surface area contributed by atoms with Crippen LogP contribution in [0.5, 0.6) is 0 Å². The van der Waals surface area contributed by atoms with Crippen LogP contribution in [0.15, 0.2) is 29.4 Å². The van der Waals surface area contributed by atoms with Crippen molar-refractivity contribution in [2.45, 2.75) is 26.7 Å². The molecule has 4 rings (SSSR count). The van der Waals surface area contributed by atoms with Crippen LogP contribution in [0.4, 0.5) is 23.5 Å². The predicted octanol–water partition coefficient (Wildman–Crippen LogP) is 2.60. The van der Waals surface area contributed by atoms with Gasteiger partial charge in [0.15, 0.2) is 0 Å². The Balaban J connectivity index is 1.48. The van der Waals surface area contributed by atoms with Crippen LogP contribution in [0, 0.1) is 0 Å². The van der Waals surface area contributed by atoms with Gasteiger partial charge in [-0.25, -0.2) is 5.43 Å². The maximum atomic E-state index is 5.47. The van der Waals surface area contributed by atoms with Gasteiger partial charge in [0, 0.05) is 45.0 Å². The summed E-state index contributed by atoms with van der Waals surface area (Å²) in [5.74, 6) is 1.87. The van der Waals surface area contributed by atoms with Crippen LogP contribution < -0.4 is 20.1 Å². The van der Waals surface area contributed by atoms with Crippen LogP contribution in [0.25, 0.3) is 0 Å². The van der Waals surface area contributed by atoms with E-state index in [1.165, 1.54) is 18.5 Å². The van der Waals surface area contributed by atoms with Crippen molar-refractivity contribution in [1.82, 2.24) is 15.0 Å². The zero-order valence-corrected chi connectivity index (χ0v) is 18.5. The van der Waals surface area contributed by atoms with Crippen molar-refractivity contribution in [3.8, 4) is 0 Å². The highest BCUT2D eigenvalue weighted by molar-refractivity contribution is 5.80. The number of ether oxygens (including phenoxy) is 1. The van der Waals surface area contributed by atoms with Crippen LogP contribution in [0.1, 0.15) is 32.3 Å². The lowest BCUT2D eigenvalue weighted by Gasteiger charge is -2.27. The van der Waals surface area contributed by atoms with Crippen molar-refractivity contribution < 1.29 is 4.74 Å². The molecule has 3 heterocycles. The van der Waals surface area contributed by atoms with Crippen molar-refractivity contribution in [2.75, 3.05) is 72.6 Å². The van der Waals surface area contributed by atoms with E-state index in [0.29, 0.717) is 25.1 Å². The van der Waals surface area contributed by atoms with E-state index in [4.69, 9.17) is 9.72 Å². The van der Waals surface area contributed by atoms with Gasteiger partial charge < -0.3 is 19.4 Å². The zero-order valence-electron chi connectivity index (χ0n) is 18.5. The van der Waals surface area contributed by atoms with Crippen molar-refractivity contribution >= 4 is 29.7 Å². The third-order valence-electron chi connectivity index (χ3n) is 5.69. The molecule has 2 aliphatic rings. The molecule has 0 saturated carbocycles. The number of rotatable bonds is 8. The third kappa shape index (κ3) is 5.41.